The van der Waals surface area contributed by atoms with Crippen molar-refractivity contribution in [1.29, 1.82) is 0 Å². The molecule has 2 fully saturated rings. The van der Waals surface area contributed by atoms with E-state index in [9.17, 15) is 22.4 Å². The molecule has 2 unspecified atom stereocenters. The minimum atomic E-state index is -4.38. The number of amides is 1. The lowest BCUT2D eigenvalue weighted by atomic mass is 9.76. The first-order valence-electron chi connectivity index (χ1n) is 8.71. The summed E-state index contributed by atoms with van der Waals surface area (Å²) in [7, 11) is 0. The molecule has 3 atom stereocenters. The third-order valence-electron chi connectivity index (χ3n) is 6.02. The van der Waals surface area contributed by atoms with Gasteiger partial charge in [-0.05, 0) is 44.4 Å². The molecule has 3 aliphatic rings. The number of halogens is 4. The second-order valence-electron chi connectivity index (χ2n) is 7.77. The molecule has 0 radical (unpaired) electrons. The Kier molecular flexibility index (Phi) is 3.74. The Bertz CT molecular complexity index is 834. The summed E-state index contributed by atoms with van der Waals surface area (Å²) < 4.78 is 57.9. The van der Waals surface area contributed by atoms with Crippen LogP contribution in [0.2, 0.25) is 0 Å². The number of anilines is 1. The van der Waals surface area contributed by atoms with E-state index in [-0.39, 0.29) is 29.1 Å². The Balaban J connectivity index is 1.60. The van der Waals surface area contributed by atoms with Crippen LogP contribution < -0.4 is 11.1 Å². The highest BCUT2D eigenvalue weighted by Gasteiger charge is 2.61. The van der Waals surface area contributed by atoms with Crippen molar-refractivity contribution in [3.8, 4) is 0 Å². The highest BCUT2D eigenvalue weighted by atomic mass is 19.4. The van der Waals surface area contributed by atoms with Gasteiger partial charge in [0.15, 0.2) is 0 Å². The Morgan fingerprint density at radius 3 is 2.67 bits per heavy atom. The Hall–Kier alpha value is -2.32. The van der Waals surface area contributed by atoms with Gasteiger partial charge < -0.3 is 15.8 Å². The number of alkyl halides is 3. The molecule has 4 rings (SSSR count). The zero-order valence-corrected chi connectivity index (χ0v) is 14.6. The van der Waals surface area contributed by atoms with Gasteiger partial charge in [-0.25, -0.2) is 9.38 Å². The van der Waals surface area contributed by atoms with Crippen LogP contribution in [0.5, 0.6) is 0 Å². The fourth-order valence-corrected chi connectivity index (χ4v) is 3.91. The number of rotatable bonds is 3. The van der Waals surface area contributed by atoms with E-state index < -0.39 is 35.3 Å². The Labute approximate surface area is 153 Å². The monoisotopic (exact) mass is 385 g/mol. The lowest BCUT2D eigenvalue weighted by Crippen LogP contribution is -2.43. The highest BCUT2D eigenvalue weighted by Crippen LogP contribution is 2.62. The molecule has 1 aliphatic heterocycles. The van der Waals surface area contributed by atoms with Crippen LogP contribution in [-0.2, 0) is 15.1 Å². The van der Waals surface area contributed by atoms with Gasteiger partial charge in [-0.1, -0.05) is 0 Å². The number of ether oxygens (including phenoxy) is 1. The number of nitrogens with two attached hydrogens (primary N) is 1. The average Bonchev–Trinajstić information content (AvgIpc) is 3.46. The standard InChI is InChI=1S/C18H19F4N3O2/c1-16(17(4-5-17)8-27-15(23)25-16)12-6-9(2-3-13(12)19)24-14(26)10-7-11(10)18(20,21)22/h2-3,6,10-11H,4-5,7-8H2,1H3,(H2,23,25)(H,24,26)/t10?,11?,16-/m1/s1. The van der Waals surface area contributed by atoms with E-state index in [1.807, 2.05) is 0 Å². The fraction of sp³-hybridized carbons (Fsp3) is 0.556. The number of amidine groups is 1. The maximum atomic E-state index is 14.6. The first-order valence-corrected chi connectivity index (χ1v) is 8.71. The summed E-state index contributed by atoms with van der Waals surface area (Å²) in [6.45, 7) is 2.09. The molecule has 0 saturated heterocycles. The second-order valence-corrected chi connectivity index (χ2v) is 7.77. The van der Waals surface area contributed by atoms with Gasteiger partial charge in [0.2, 0.25) is 5.91 Å². The first-order chi connectivity index (χ1) is 12.6. The number of carbonyl (C=O) groups excluding carboxylic acids is 1. The molecule has 2 aliphatic carbocycles. The minimum Gasteiger partial charge on any atom is -0.465 e. The van der Waals surface area contributed by atoms with Gasteiger partial charge in [-0.2, -0.15) is 13.2 Å². The molecule has 5 nitrogen and oxygen atoms in total. The van der Waals surface area contributed by atoms with Gasteiger partial charge >= 0.3 is 6.18 Å². The van der Waals surface area contributed by atoms with Crippen LogP contribution in [0.15, 0.2) is 23.2 Å². The summed E-state index contributed by atoms with van der Waals surface area (Å²) in [4.78, 5) is 16.4. The van der Waals surface area contributed by atoms with E-state index in [1.165, 1.54) is 18.2 Å². The second kappa shape index (κ2) is 5.59. The van der Waals surface area contributed by atoms with Crippen molar-refractivity contribution in [2.45, 2.75) is 37.9 Å². The van der Waals surface area contributed by atoms with Crippen molar-refractivity contribution < 1.29 is 27.1 Å². The molecule has 1 amide bonds. The molecular formula is C18H19F4N3O2. The fourth-order valence-electron chi connectivity index (χ4n) is 3.91. The number of carbonyl (C=O) groups is 1. The zero-order chi connectivity index (χ0) is 19.6. The van der Waals surface area contributed by atoms with E-state index in [0.717, 1.165) is 12.8 Å². The number of aliphatic imine (C=N–C) groups is 1. The molecule has 3 N–H and O–H groups in total. The summed E-state index contributed by atoms with van der Waals surface area (Å²) >= 11 is 0. The van der Waals surface area contributed by atoms with E-state index in [1.54, 1.807) is 6.92 Å². The molecule has 1 aromatic carbocycles. The summed E-state index contributed by atoms with van der Waals surface area (Å²) in [5.41, 5.74) is 4.85. The van der Waals surface area contributed by atoms with Gasteiger partial charge in [-0.3, -0.25) is 4.79 Å². The van der Waals surface area contributed by atoms with Gasteiger partial charge in [0.1, 0.15) is 11.4 Å². The quantitative estimate of drug-likeness (QED) is 0.784. The van der Waals surface area contributed by atoms with Crippen molar-refractivity contribution in [3.63, 3.8) is 0 Å². The number of hydrogen-bond donors (Lipinski definition) is 2. The topological polar surface area (TPSA) is 76.7 Å². The maximum absolute atomic E-state index is 14.6. The van der Waals surface area contributed by atoms with Crippen LogP contribution in [0.3, 0.4) is 0 Å². The van der Waals surface area contributed by atoms with E-state index in [2.05, 4.69) is 10.3 Å². The summed E-state index contributed by atoms with van der Waals surface area (Å²) in [6.07, 6.45) is -3.00. The minimum absolute atomic E-state index is 0.0325. The van der Waals surface area contributed by atoms with Gasteiger partial charge in [0, 0.05) is 16.7 Å². The third kappa shape index (κ3) is 2.93. The number of hydrogen-bond acceptors (Lipinski definition) is 4. The van der Waals surface area contributed by atoms with Crippen LogP contribution >= 0.6 is 0 Å². The molecular weight excluding hydrogens is 366 g/mol. The molecule has 2 saturated carbocycles. The predicted molar refractivity (Wildman–Crippen MR) is 89.3 cm³/mol. The highest BCUT2D eigenvalue weighted by molar-refractivity contribution is 5.94. The van der Waals surface area contributed by atoms with E-state index in [0.29, 0.717) is 6.61 Å². The predicted octanol–water partition coefficient (Wildman–Crippen LogP) is 3.30. The van der Waals surface area contributed by atoms with Crippen LogP contribution in [0.4, 0.5) is 23.2 Å². The van der Waals surface area contributed by atoms with E-state index in [4.69, 9.17) is 10.5 Å². The lowest BCUT2D eigenvalue weighted by Gasteiger charge is -2.38. The maximum Gasteiger partial charge on any atom is 0.392 e. The first kappa shape index (κ1) is 18.1. The van der Waals surface area contributed by atoms with Crippen molar-refractivity contribution in [2.75, 3.05) is 11.9 Å². The van der Waals surface area contributed by atoms with Gasteiger partial charge in [0.05, 0.1) is 18.4 Å². The van der Waals surface area contributed by atoms with Crippen molar-refractivity contribution in [2.24, 2.45) is 28.0 Å². The van der Waals surface area contributed by atoms with Gasteiger partial charge in [-0.15, -0.1) is 0 Å². The molecule has 0 aromatic heterocycles. The summed E-state index contributed by atoms with van der Waals surface area (Å²) in [6, 6.07) is 3.91. The Morgan fingerprint density at radius 1 is 1.37 bits per heavy atom. The molecule has 1 aromatic rings. The molecule has 1 heterocycles. The largest absolute Gasteiger partial charge is 0.465 e. The van der Waals surface area contributed by atoms with Gasteiger partial charge in [0.25, 0.3) is 6.02 Å². The molecule has 0 bridgehead atoms. The molecule has 1 spiro atoms. The summed E-state index contributed by atoms with van der Waals surface area (Å²) in [5.74, 6) is -3.93. The SMILES string of the molecule is C[C@]1(c2cc(NC(=O)C3CC3C(F)(F)F)ccc2F)N=C(N)OCC12CC2. The number of nitrogens with one attached hydrogen (secondary N) is 1. The number of nitrogens with zero attached hydrogens (tertiary/aromatic N) is 1. The van der Waals surface area contributed by atoms with E-state index >= 15 is 0 Å². The zero-order valence-electron chi connectivity index (χ0n) is 14.6. The molecule has 9 heteroatoms. The van der Waals surface area contributed by atoms with Crippen molar-refractivity contribution in [1.82, 2.24) is 0 Å². The Morgan fingerprint density at radius 2 is 2.07 bits per heavy atom. The van der Waals surface area contributed by atoms with Crippen molar-refractivity contribution >= 4 is 17.6 Å². The summed E-state index contributed by atoms with van der Waals surface area (Å²) in [5, 5.41) is 2.47. The van der Waals surface area contributed by atoms with Crippen LogP contribution in [0, 0.1) is 23.1 Å². The van der Waals surface area contributed by atoms with Crippen LogP contribution in [0.25, 0.3) is 0 Å². The molecule has 27 heavy (non-hydrogen) atoms. The smallest absolute Gasteiger partial charge is 0.392 e. The third-order valence-corrected chi connectivity index (χ3v) is 6.02. The van der Waals surface area contributed by atoms with Crippen LogP contribution in [0.1, 0.15) is 31.7 Å². The van der Waals surface area contributed by atoms with Crippen LogP contribution in [-0.4, -0.2) is 24.7 Å². The number of benzene rings is 1. The average molecular weight is 385 g/mol. The lowest BCUT2D eigenvalue weighted by molar-refractivity contribution is -0.153. The normalized spacial score (nSPS) is 31.1. The van der Waals surface area contributed by atoms with Crippen molar-refractivity contribution in [3.05, 3.63) is 29.6 Å². The molecule has 146 valence electrons.